The van der Waals surface area contributed by atoms with Crippen LogP contribution in [0.2, 0.25) is 0 Å². The van der Waals surface area contributed by atoms with Crippen LogP contribution in [0, 0.1) is 6.92 Å². The van der Waals surface area contributed by atoms with Crippen molar-refractivity contribution in [2.45, 2.75) is 32.3 Å². The molecule has 2 aromatic heterocycles. The van der Waals surface area contributed by atoms with Crippen LogP contribution in [0.15, 0.2) is 42.0 Å². The third kappa shape index (κ3) is 4.35. The zero-order valence-corrected chi connectivity index (χ0v) is 18.0. The molecule has 1 aliphatic carbocycles. The van der Waals surface area contributed by atoms with Gasteiger partial charge in [0, 0.05) is 34.3 Å². The van der Waals surface area contributed by atoms with Crippen molar-refractivity contribution in [1.82, 2.24) is 20.5 Å². The number of anilines is 1. The fourth-order valence-electron chi connectivity index (χ4n) is 3.67. The number of thiazole rings is 1. The summed E-state index contributed by atoms with van der Waals surface area (Å²) < 4.78 is 6.11. The Bertz CT molecular complexity index is 1140. The largest absolute Gasteiger partial charge is 0.490 e. The summed E-state index contributed by atoms with van der Waals surface area (Å²) in [6, 6.07) is 5.74. The highest BCUT2D eigenvalue weighted by Gasteiger charge is 2.26. The van der Waals surface area contributed by atoms with Crippen LogP contribution in [0.4, 0.5) is 5.69 Å². The van der Waals surface area contributed by atoms with Gasteiger partial charge in [-0.25, -0.2) is 4.98 Å². The van der Waals surface area contributed by atoms with Crippen LogP contribution in [0.3, 0.4) is 0 Å². The molecule has 0 saturated heterocycles. The number of hydrogen-bond acceptors (Lipinski definition) is 7. The SMILES string of the molecule is Cc1c(OC2CC2)ccc(NC(=O)c2csc(-c3ccnnc3)n2)c1C1=CCNCC1. The third-order valence-electron chi connectivity index (χ3n) is 5.43. The highest BCUT2D eigenvalue weighted by molar-refractivity contribution is 7.13. The van der Waals surface area contributed by atoms with Gasteiger partial charge in [-0.2, -0.15) is 10.2 Å². The van der Waals surface area contributed by atoms with Crippen LogP contribution in [0.25, 0.3) is 16.1 Å². The Labute approximate surface area is 184 Å². The minimum absolute atomic E-state index is 0.226. The molecule has 8 heteroatoms. The second-order valence-electron chi connectivity index (χ2n) is 7.74. The van der Waals surface area contributed by atoms with Crippen molar-refractivity contribution in [3.05, 3.63) is 58.9 Å². The Hall–Kier alpha value is -3.10. The van der Waals surface area contributed by atoms with E-state index in [1.165, 1.54) is 16.9 Å². The Morgan fingerprint density at radius 3 is 2.90 bits per heavy atom. The lowest BCUT2D eigenvalue weighted by Gasteiger charge is -2.22. The average molecular weight is 434 g/mol. The summed E-state index contributed by atoms with van der Waals surface area (Å²) in [6.07, 6.45) is 8.91. The molecule has 2 aliphatic rings. The molecule has 0 radical (unpaired) electrons. The molecule has 1 amide bonds. The Morgan fingerprint density at radius 2 is 2.16 bits per heavy atom. The number of rotatable bonds is 6. The molecule has 0 bridgehead atoms. The van der Waals surface area contributed by atoms with Crippen molar-refractivity contribution < 1.29 is 9.53 Å². The second-order valence-corrected chi connectivity index (χ2v) is 8.59. The molecule has 0 spiro atoms. The number of hydrogen-bond donors (Lipinski definition) is 2. The van der Waals surface area contributed by atoms with Gasteiger partial charge in [0.2, 0.25) is 0 Å². The van der Waals surface area contributed by atoms with Crippen molar-refractivity contribution in [3.63, 3.8) is 0 Å². The van der Waals surface area contributed by atoms with E-state index in [9.17, 15) is 4.79 Å². The molecule has 158 valence electrons. The van der Waals surface area contributed by atoms with E-state index in [0.29, 0.717) is 11.8 Å². The van der Waals surface area contributed by atoms with Crippen molar-refractivity contribution in [2.75, 3.05) is 18.4 Å². The molecule has 2 N–H and O–H groups in total. The monoisotopic (exact) mass is 433 g/mol. The van der Waals surface area contributed by atoms with Gasteiger partial charge >= 0.3 is 0 Å². The van der Waals surface area contributed by atoms with Gasteiger partial charge in [-0.05, 0) is 56.5 Å². The van der Waals surface area contributed by atoms with Crippen molar-refractivity contribution in [1.29, 1.82) is 0 Å². The molecule has 1 aliphatic heterocycles. The molecule has 7 nitrogen and oxygen atoms in total. The van der Waals surface area contributed by atoms with Crippen molar-refractivity contribution >= 4 is 28.5 Å². The maximum atomic E-state index is 13.0. The molecule has 31 heavy (non-hydrogen) atoms. The number of nitrogens with one attached hydrogen (secondary N) is 2. The molecule has 3 aromatic rings. The number of nitrogens with zero attached hydrogens (tertiary/aromatic N) is 3. The first-order valence-electron chi connectivity index (χ1n) is 10.4. The van der Waals surface area contributed by atoms with Gasteiger partial charge in [0.1, 0.15) is 16.5 Å². The molecule has 3 heterocycles. The van der Waals surface area contributed by atoms with Gasteiger partial charge in [-0.1, -0.05) is 6.08 Å². The molecule has 5 rings (SSSR count). The minimum Gasteiger partial charge on any atom is -0.490 e. The van der Waals surface area contributed by atoms with Gasteiger partial charge in [0.15, 0.2) is 0 Å². The third-order valence-corrected chi connectivity index (χ3v) is 6.33. The van der Waals surface area contributed by atoms with E-state index in [-0.39, 0.29) is 5.91 Å². The highest BCUT2D eigenvalue weighted by atomic mass is 32.1. The van der Waals surface area contributed by atoms with E-state index >= 15 is 0 Å². The molecular weight excluding hydrogens is 410 g/mol. The minimum atomic E-state index is -0.226. The number of benzene rings is 1. The first-order chi connectivity index (χ1) is 15.2. The van der Waals surface area contributed by atoms with E-state index in [4.69, 9.17) is 4.74 Å². The van der Waals surface area contributed by atoms with Crippen molar-refractivity contribution in [3.8, 4) is 16.3 Å². The number of ether oxygens (including phenoxy) is 1. The summed E-state index contributed by atoms with van der Waals surface area (Å²) in [6.45, 7) is 3.82. The summed E-state index contributed by atoms with van der Waals surface area (Å²) in [7, 11) is 0. The number of carbonyl (C=O) groups is 1. The Kier molecular flexibility index (Phi) is 5.48. The normalized spacial score (nSPS) is 16.0. The number of carbonyl (C=O) groups excluding carboxylic acids is 1. The predicted molar refractivity (Wildman–Crippen MR) is 121 cm³/mol. The summed E-state index contributed by atoms with van der Waals surface area (Å²) in [5.41, 5.74) is 5.38. The van der Waals surface area contributed by atoms with Crippen molar-refractivity contribution in [2.24, 2.45) is 0 Å². The van der Waals surface area contributed by atoms with E-state index < -0.39 is 0 Å². The molecule has 0 unspecified atom stereocenters. The van der Waals surface area contributed by atoms with Crippen LogP contribution in [0.1, 0.15) is 40.9 Å². The van der Waals surface area contributed by atoms with E-state index in [2.05, 4.69) is 38.8 Å². The van der Waals surface area contributed by atoms with E-state index in [0.717, 1.165) is 65.5 Å². The summed E-state index contributed by atoms with van der Waals surface area (Å²) in [5, 5.41) is 16.6. The van der Waals surface area contributed by atoms with Crippen LogP contribution in [0.5, 0.6) is 5.75 Å². The van der Waals surface area contributed by atoms with Gasteiger partial charge in [-0.15, -0.1) is 11.3 Å². The maximum absolute atomic E-state index is 13.0. The second kappa shape index (κ2) is 8.56. The van der Waals surface area contributed by atoms with Crippen LogP contribution in [-0.2, 0) is 0 Å². The zero-order valence-electron chi connectivity index (χ0n) is 17.2. The molecule has 1 aromatic carbocycles. The molecule has 0 atom stereocenters. The lowest BCUT2D eigenvalue weighted by atomic mass is 9.93. The van der Waals surface area contributed by atoms with E-state index in [1.807, 2.05) is 18.2 Å². The first kappa shape index (κ1) is 19.8. The van der Waals surface area contributed by atoms with E-state index in [1.54, 1.807) is 17.8 Å². The lowest BCUT2D eigenvalue weighted by molar-refractivity contribution is 0.102. The highest BCUT2D eigenvalue weighted by Crippen LogP contribution is 2.38. The molecule has 1 fully saturated rings. The smallest absolute Gasteiger partial charge is 0.275 e. The first-order valence-corrected chi connectivity index (χ1v) is 11.3. The molecule has 1 saturated carbocycles. The fraction of sp³-hybridized carbons (Fsp3) is 0.304. The summed E-state index contributed by atoms with van der Waals surface area (Å²) in [5.74, 6) is 0.673. The topological polar surface area (TPSA) is 89.0 Å². The zero-order chi connectivity index (χ0) is 21.2. The van der Waals surface area contributed by atoms with Gasteiger partial charge in [0.25, 0.3) is 5.91 Å². The van der Waals surface area contributed by atoms with Crippen LogP contribution in [-0.4, -0.2) is 40.3 Å². The Morgan fingerprint density at radius 1 is 1.26 bits per heavy atom. The lowest BCUT2D eigenvalue weighted by Crippen LogP contribution is -2.21. The molecular formula is C23H23N5O2S. The van der Waals surface area contributed by atoms with Crippen LogP contribution >= 0.6 is 11.3 Å². The standard InChI is InChI=1S/C23H23N5O2S/c1-14-20(30-17-2-3-17)5-4-18(21(14)15-6-9-24-10-7-15)27-22(29)19-13-31-23(28-19)16-8-11-25-26-12-16/h4-6,8,11-13,17,24H,2-3,7,9-10H2,1H3,(H,27,29). The van der Waals surface area contributed by atoms with Gasteiger partial charge < -0.3 is 15.4 Å². The average Bonchev–Trinajstić information content (AvgIpc) is 3.48. The quantitative estimate of drug-likeness (QED) is 0.609. The number of amides is 1. The van der Waals surface area contributed by atoms with Gasteiger partial charge in [-0.3, -0.25) is 4.79 Å². The fourth-order valence-corrected chi connectivity index (χ4v) is 4.46. The predicted octanol–water partition coefficient (Wildman–Crippen LogP) is 4.08. The maximum Gasteiger partial charge on any atom is 0.275 e. The summed E-state index contributed by atoms with van der Waals surface area (Å²) >= 11 is 1.41. The van der Waals surface area contributed by atoms with Crippen LogP contribution < -0.4 is 15.4 Å². The Balaban J connectivity index is 1.44. The number of aromatic nitrogens is 3. The van der Waals surface area contributed by atoms with Gasteiger partial charge in [0.05, 0.1) is 18.5 Å². The summed E-state index contributed by atoms with van der Waals surface area (Å²) in [4.78, 5) is 17.5.